The molecule has 0 aromatic heterocycles. The Labute approximate surface area is 128 Å². The number of Topliss-reactive ketones (excluding diaryl/α,β-unsaturated/α-hetero) is 1. The van der Waals surface area contributed by atoms with Crippen molar-refractivity contribution in [3.8, 4) is 11.5 Å². The van der Waals surface area contributed by atoms with Crippen LogP contribution >= 0.6 is 11.6 Å². The van der Waals surface area contributed by atoms with Crippen LogP contribution < -0.4 is 9.47 Å². The predicted molar refractivity (Wildman–Crippen MR) is 81.5 cm³/mol. The first kappa shape index (κ1) is 14.0. The lowest BCUT2D eigenvalue weighted by Gasteiger charge is -2.26. The van der Waals surface area contributed by atoms with Gasteiger partial charge >= 0.3 is 0 Å². The normalized spacial score (nSPS) is 17.1. The van der Waals surface area contributed by atoms with Gasteiger partial charge in [0.05, 0.1) is 19.1 Å². The molecule has 1 aliphatic heterocycles. The average molecular weight is 303 g/mol. The van der Waals surface area contributed by atoms with E-state index in [1.54, 1.807) is 25.3 Å². The molecule has 0 saturated heterocycles. The smallest absolute Gasteiger partial charge is 0.170 e. The number of ketones is 1. The molecule has 2 aromatic rings. The zero-order valence-corrected chi connectivity index (χ0v) is 12.6. The molecule has 2 aromatic carbocycles. The van der Waals surface area contributed by atoms with Crippen LogP contribution in [-0.2, 0) is 0 Å². The molecule has 1 atom stereocenters. The maximum atomic E-state index is 12.3. The highest BCUT2D eigenvalue weighted by atomic mass is 35.5. The molecule has 0 N–H and O–H groups in total. The van der Waals surface area contributed by atoms with Crippen LogP contribution in [0.4, 0.5) is 0 Å². The lowest BCUT2D eigenvalue weighted by molar-refractivity contribution is 0.0850. The highest BCUT2D eigenvalue weighted by Gasteiger charge is 2.28. The van der Waals surface area contributed by atoms with Crippen LogP contribution in [-0.4, -0.2) is 12.9 Å². The Hall–Kier alpha value is -2.00. The van der Waals surface area contributed by atoms with E-state index in [0.29, 0.717) is 22.8 Å². The molecule has 3 nitrogen and oxygen atoms in total. The topological polar surface area (TPSA) is 35.5 Å². The standard InChI is InChI=1S/C17H15ClO3/c1-10-7-11(3-5-15(10)20-2)17-9-14(19)13-8-12(18)4-6-16(13)21-17/h3-8,17H,9H2,1-2H3. The van der Waals surface area contributed by atoms with Crippen molar-refractivity contribution in [3.63, 3.8) is 0 Å². The van der Waals surface area contributed by atoms with Crippen LogP contribution in [0.1, 0.15) is 34.0 Å². The molecule has 108 valence electrons. The van der Waals surface area contributed by atoms with E-state index >= 15 is 0 Å². The molecule has 0 saturated carbocycles. The zero-order valence-electron chi connectivity index (χ0n) is 11.9. The van der Waals surface area contributed by atoms with Crippen molar-refractivity contribution in [2.75, 3.05) is 7.11 Å². The van der Waals surface area contributed by atoms with E-state index in [-0.39, 0.29) is 11.9 Å². The molecule has 0 aliphatic carbocycles. The molecule has 1 unspecified atom stereocenters. The largest absolute Gasteiger partial charge is 0.496 e. The minimum absolute atomic E-state index is 0.0530. The third kappa shape index (κ3) is 2.61. The Morgan fingerprint density at radius 2 is 2.05 bits per heavy atom. The number of ether oxygens (including phenoxy) is 2. The third-order valence-corrected chi connectivity index (χ3v) is 3.91. The second kappa shape index (κ2) is 5.41. The first-order valence-corrected chi connectivity index (χ1v) is 7.10. The third-order valence-electron chi connectivity index (χ3n) is 3.67. The summed E-state index contributed by atoms with van der Waals surface area (Å²) in [6.45, 7) is 1.97. The average Bonchev–Trinajstić information content (AvgIpc) is 2.47. The summed E-state index contributed by atoms with van der Waals surface area (Å²) in [5.74, 6) is 1.47. The van der Waals surface area contributed by atoms with Crippen LogP contribution in [0.25, 0.3) is 0 Å². The summed E-state index contributed by atoms with van der Waals surface area (Å²) < 4.78 is 11.2. The summed E-state index contributed by atoms with van der Waals surface area (Å²) in [5, 5.41) is 0.546. The quantitative estimate of drug-likeness (QED) is 0.826. The van der Waals surface area contributed by atoms with Crippen molar-refractivity contribution in [3.05, 3.63) is 58.1 Å². The number of aryl methyl sites for hydroxylation is 1. The molecular formula is C17H15ClO3. The van der Waals surface area contributed by atoms with Crippen molar-refractivity contribution in [1.29, 1.82) is 0 Å². The molecule has 0 radical (unpaired) electrons. The van der Waals surface area contributed by atoms with Crippen molar-refractivity contribution < 1.29 is 14.3 Å². The van der Waals surface area contributed by atoms with Crippen LogP contribution in [0.15, 0.2) is 36.4 Å². The van der Waals surface area contributed by atoms with Gasteiger partial charge in [-0.05, 0) is 48.4 Å². The summed E-state index contributed by atoms with van der Waals surface area (Å²) in [7, 11) is 1.64. The van der Waals surface area contributed by atoms with Gasteiger partial charge in [0.2, 0.25) is 0 Å². The van der Waals surface area contributed by atoms with Gasteiger partial charge in [-0.1, -0.05) is 17.7 Å². The first-order chi connectivity index (χ1) is 10.1. The van der Waals surface area contributed by atoms with Crippen LogP contribution in [0.2, 0.25) is 5.02 Å². The summed E-state index contributed by atoms with van der Waals surface area (Å²) in [4.78, 5) is 12.3. The Bertz CT molecular complexity index is 709. The summed E-state index contributed by atoms with van der Waals surface area (Å²) in [5.41, 5.74) is 2.55. The van der Waals surface area contributed by atoms with Crippen LogP contribution in [0, 0.1) is 6.92 Å². The fourth-order valence-electron chi connectivity index (χ4n) is 2.58. The molecular weight excluding hydrogens is 288 g/mol. The molecule has 1 heterocycles. The molecule has 21 heavy (non-hydrogen) atoms. The summed E-state index contributed by atoms with van der Waals surface area (Å²) in [6.07, 6.45) is 0.0508. The summed E-state index contributed by atoms with van der Waals surface area (Å²) >= 11 is 5.93. The maximum absolute atomic E-state index is 12.3. The van der Waals surface area contributed by atoms with E-state index in [2.05, 4.69) is 0 Å². The maximum Gasteiger partial charge on any atom is 0.170 e. The van der Waals surface area contributed by atoms with Crippen LogP contribution in [0.3, 0.4) is 0 Å². The van der Waals surface area contributed by atoms with Gasteiger partial charge < -0.3 is 9.47 Å². The Morgan fingerprint density at radius 3 is 2.76 bits per heavy atom. The van der Waals surface area contributed by atoms with Gasteiger partial charge in [0.25, 0.3) is 0 Å². The number of rotatable bonds is 2. The van der Waals surface area contributed by atoms with Gasteiger partial charge in [-0.2, -0.15) is 0 Å². The van der Waals surface area contributed by atoms with E-state index in [4.69, 9.17) is 21.1 Å². The number of hydrogen-bond donors (Lipinski definition) is 0. The Balaban J connectivity index is 1.94. The molecule has 0 spiro atoms. The van der Waals surface area contributed by atoms with E-state index in [1.165, 1.54) is 0 Å². The molecule has 3 rings (SSSR count). The number of carbonyl (C=O) groups excluding carboxylic acids is 1. The number of benzene rings is 2. The predicted octanol–water partition coefficient (Wildman–Crippen LogP) is 4.36. The highest BCUT2D eigenvalue weighted by Crippen LogP contribution is 2.37. The van der Waals surface area contributed by atoms with Crippen molar-refractivity contribution in [2.45, 2.75) is 19.4 Å². The monoisotopic (exact) mass is 302 g/mol. The number of hydrogen-bond acceptors (Lipinski definition) is 3. The SMILES string of the molecule is COc1ccc(C2CC(=O)c3cc(Cl)ccc3O2)cc1C. The van der Waals surface area contributed by atoms with E-state index in [9.17, 15) is 4.79 Å². The molecule has 0 bridgehead atoms. The van der Waals surface area contributed by atoms with Gasteiger partial charge in [0, 0.05) is 5.02 Å². The summed E-state index contributed by atoms with van der Waals surface area (Å²) in [6, 6.07) is 11.0. The van der Waals surface area contributed by atoms with Gasteiger partial charge in [-0.15, -0.1) is 0 Å². The van der Waals surface area contributed by atoms with Crippen molar-refractivity contribution in [2.24, 2.45) is 0 Å². The minimum atomic E-state index is -0.268. The lowest BCUT2D eigenvalue weighted by atomic mass is 9.95. The Morgan fingerprint density at radius 1 is 1.24 bits per heavy atom. The number of halogens is 1. The molecule has 0 fully saturated rings. The highest BCUT2D eigenvalue weighted by molar-refractivity contribution is 6.31. The zero-order chi connectivity index (χ0) is 15.0. The van der Waals surface area contributed by atoms with Crippen molar-refractivity contribution >= 4 is 17.4 Å². The second-order valence-electron chi connectivity index (χ2n) is 5.10. The fourth-order valence-corrected chi connectivity index (χ4v) is 2.76. The van der Waals surface area contributed by atoms with Crippen LogP contribution in [0.5, 0.6) is 11.5 Å². The molecule has 1 aliphatic rings. The molecule has 4 heteroatoms. The second-order valence-corrected chi connectivity index (χ2v) is 5.54. The van der Waals surface area contributed by atoms with E-state index in [0.717, 1.165) is 16.9 Å². The number of carbonyl (C=O) groups is 1. The Kier molecular flexibility index (Phi) is 3.60. The van der Waals surface area contributed by atoms with E-state index in [1.807, 2.05) is 25.1 Å². The lowest BCUT2D eigenvalue weighted by Crippen LogP contribution is -2.20. The van der Waals surface area contributed by atoms with Crippen molar-refractivity contribution in [1.82, 2.24) is 0 Å². The number of methoxy groups -OCH3 is 1. The fraction of sp³-hybridized carbons (Fsp3) is 0.235. The number of fused-ring (bicyclic) bond motifs is 1. The first-order valence-electron chi connectivity index (χ1n) is 6.72. The van der Waals surface area contributed by atoms with Gasteiger partial charge in [-0.25, -0.2) is 0 Å². The minimum Gasteiger partial charge on any atom is -0.496 e. The van der Waals surface area contributed by atoms with Gasteiger partial charge in [-0.3, -0.25) is 4.79 Å². The van der Waals surface area contributed by atoms with Gasteiger partial charge in [0.1, 0.15) is 17.6 Å². The van der Waals surface area contributed by atoms with Gasteiger partial charge in [0.15, 0.2) is 5.78 Å². The molecule has 0 amide bonds. The van der Waals surface area contributed by atoms with E-state index < -0.39 is 0 Å².